The zero-order valence-electron chi connectivity index (χ0n) is 14.1. The number of para-hydroxylation sites is 2. The Kier molecular flexibility index (Phi) is 3.53. The molecule has 2 heterocycles. The molecule has 1 aromatic heterocycles. The number of hydrogen-bond acceptors (Lipinski definition) is 3. The van der Waals surface area contributed by atoms with Gasteiger partial charge in [-0.15, -0.1) is 0 Å². The minimum Gasteiger partial charge on any atom is -0.345 e. The summed E-state index contributed by atoms with van der Waals surface area (Å²) in [7, 11) is 0. The number of fused-ring (bicyclic) bond motifs is 2. The SMILES string of the molecule is CC(C)N1C(=O)CN(C(=O)c2ccc3nc[nH]c3c2)c2ccccc21. The van der Waals surface area contributed by atoms with Crippen molar-refractivity contribution in [1.29, 1.82) is 0 Å². The fraction of sp³-hybridized carbons (Fsp3) is 0.211. The Morgan fingerprint density at radius 3 is 2.68 bits per heavy atom. The van der Waals surface area contributed by atoms with Gasteiger partial charge in [0.2, 0.25) is 5.91 Å². The molecule has 2 aromatic carbocycles. The third-order valence-electron chi connectivity index (χ3n) is 4.42. The van der Waals surface area contributed by atoms with Crippen LogP contribution in [0.4, 0.5) is 11.4 Å². The number of hydrogen-bond donors (Lipinski definition) is 1. The fourth-order valence-electron chi connectivity index (χ4n) is 3.30. The highest BCUT2D eigenvalue weighted by molar-refractivity contribution is 6.16. The van der Waals surface area contributed by atoms with Gasteiger partial charge in [-0.25, -0.2) is 4.98 Å². The summed E-state index contributed by atoms with van der Waals surface area (Å²) in [6.45, 7) is 3.98. The number of anilines is 2. The molecule has 2 amide bonds. The molecule has 0 unspecified atom stereocenters. The van der Waals surface area contributed by atoms with Crippen LogP contribution >= 0.6 is 0 Å². The van der Waals surface area contributed by atoms with E-state index in [-0.39, 0.29) is 24.4 Å². The topological polar surface area (TPSA) is 69.3 Å². The van der Waals surface area contributed by atoms with E-state index in [1.165, 1.54) is 0 Å². The first-order valence-electron chi connectivity index (χ1n) is 8.22. The van der Waals surface area contributed by atoms with E-state index in [1.54, 1.807) is 34.3 Å². The summed E-state index contributed by atoms with van der Waals surface area (Å²) in [5, 5.41) is 0. The van der Waals surface area contributed by atoms with Crippen LogP contribution < -0.4 is 9.80 Å². The summed E-state index contributed by atoms with van der Waals surface area (Å²) in [5.41, 5.74) is 3.65. The Bertz CT molecular complexity index is 976. The molecule has 0 bridgehead atoms. The van der Waals surface area contributed by atoms with E-state index in [4.69, 9.17) is 0 Å². The molecule has 0 spiro atoms. The second-order valence-corrected chi connectivity index (χ2v) is 6.37. The molecule has 1 aliphatic rings. The predicted molar refractivity (Wildman–Crippen MR) is 96.8 cm³/mol. The van der Waals surface area contributed by atoms with Gasteiger partial charge in [-0.2, -0.15) is 0 Å². The second kappa shape index (κ2) is 5.73. The van der Waals surface area contributed by atoms with E-state index in [9.17, 15) is 9.59 Å². The standard InChI is InChI=1S/C19H18N4O2/c1-12(2)23-17-6-4-3-5-16(17)22(10-18(23)24)19(25)13-7-8-14-15(9-13)21-11-20-14/h3-9,11-12H,10H2,1-2H3,(H,20,21). The molecule has 126 valence electrons. The highest BCUT2D eigenvalue weighted by atomic mass is 16.2. The molecule has 1 N–H and O–H groups in total. The first-order valence-corrected chi connectivity index (χ1v) is 8.22. The zero-order valence-corrected chi connectivity index (χ0v) is 14.1. The number of rotatable bonds is 2. The monoisotopic (exact) mass is 334 g/mol. The average Bonchev–Trinajstić information content (AvgIpc) is 3.07. The Balaban J connectivity index is 1.77. The highest BCUT2D eigenvalue weighted by Crippen LogP contribution is 2.35. The first-order chi connectivity index (χ1) is 12.1. The van der Waals surface area contributed by atoms with Crippen molar-refractivity contribution in [2.24, 2.45) is 0 Å². The molecule has 0 fully saturated rings. The van der Waals surface area contributed by atoms with Crippen molar-refractivity contribution in [2.45, 2.75) is 19.9 Å². The van der Waals surface area contributed by atoms with Crippen LogP contribution in [0.25, 0.3) is 11.0 Å². The molecule has 4 rings (SSSR count). The van der Waals surface area contributed by atoms with Crippen molar-refractivity contribution >= 4 is 34.2 Å². The number of nitrogens with zero attached hydrogens (tertiary/aromatic N) is 3. The van der Waals surface area contributed by atoms with Gasteiger partial charge in [0.25, 0.3) is 5.91 Å². The van der Waals surface area contributed by atoms with Crippen molar-refractivity contribution < 1.29 is 9.59 Å². The van der Waals surface area contributed by atoms with Crippen molar-refractivity contribution in [2.75, 3.05) is 16.3 Å². The smallest absolute Gasteiger partial charge is 0.258 e. The van der Waals surface area contributed by atoms with Crippen LogP contribution in [-0.2, 0) is 4.79 Å². The molecule has 1 aliphatic heterocycles. The molecule has 3 aromatic rings. The van der Waals surface area contributed by atoms with Crippen molar-refractivity contribution in [3.8, 4) is 0 Å². The van der Waals surface area contributed by atoms with Crippen LogP contribution in [0, 0.1) is 0 Å². The third kappa shape index (κ3) is 2.46. The van der Waals surface area contributed by atoms with Gasteiger partial charge in [0.05, 0.1) is 28.7 Å². The van der Waals surface area contributed by atoms with E-state index >= 15 is 0 Å². The molecule has 0 atom stereocenters. The van der Waals surface area contributed by atoms with Gasteiger partial charge in [0.1, 0.15) is 6.54 Å². The Morgan fingerprint density at radius 1 is 1.16 bits per heavy atom. The summed E-state index contributed by atoms with van der Waals surface area (Å²) in [4.78, 5) is 36.2. The summed E-state index contributed by atoms with van der Waals surface area (Å²) >= 11 is 0. The minimum atomic E-state index is -0.194. The molecule has 0 saturated heterocycles. The number of carbonyl (C=O) groups is 2. The largest absolute Gasteiger partial charge is 0.345 e. The van der Waals surface area contributed by atoms with Crippen LogP contribution in [0.3, 0.4) is 0 Å². The molecule has 6 nitrogen and oxygen atoms in total. The first kappa shape index (κ1) is 15.4. The van der Waals surface area contributed by atoms with Gasteiger partial charge >= 0.3 is 0 Å². The maximum Gasteiger partial charge on any atom is 0.258 e. The van der Waals surface area contributed by atoms with Crippen LogP contribution in [0.2, 0.25) is 0 Å². The molecule has 0 radical (unpaired) electrons. The minimum absolute atomic E-state index is 0.0345. The maximum absolute atomic E-state index is 13.1. The Morgan fingerprint density at radius 2 is 1.92 bits per heavy atom. The van der Waals surface area contributed by atoms with Gasteiger partial charge in [-0.3, -0.25) is 14.5 Å². The number of aromatic amines is 1. The summed E-state index contributed by atoms with van der Waals surface area (Å²) in [5.74, 6) is -0.273. The predicted octanol–water partition coefficient (Wildman–Crippen LogP) is 2.96. The fourth-order valence-corrected chi connectivity index (χ4v) is 3.30. The van der Waals surface area contributed by atoms with E-state index in [0.29, 0.717) is 5.56 Å². The summed E-state index contributed by atoms with van der Waals surface area (Å²) in [6, 6.07) is 12.9. The van der Waals surface area contributed by atoms with Crippen LogP contribution in [0.1, 0.15) is 24.2 Å². The normalized spacial score (nSPS) is 14.3. The molecular weight excluding hydrogens is 316 g/mol. The number of benzene rings is 2. The summed E-state index contributed by atoms with van der Waals surface area (Å²) in [6.07, 6.45) is 1.60. The number of imidazole rings is 1. The number of aromatic nitrogens is 2. The average molecular weight is 334 g/mol. The molecule has 6 heteroatoms. The maximum atomic E-state index is 13.1. The van der Waals surface area contributed by atoms with Crippen LogP contribution in [0.5, 0.6) is 0 Å². The van der Waals surface area contributed by atoms with Gasteiger partial charge in [-0.05, 0) is 44.2 Å². The number of nitrogens with one attached hydrogen (secondary N) is 1. The quantitative estimate of drug-likeness (QED) is 0.783. The molecule has 0 aliphatic carbocycles. The molecule has 25 heavy (non-hydrogen) atoms. The van der Waals surface area contributed by atoms with Gasteiger partial charge < -0.3 is 9.88 Å². The van der Waals surface area contributed by atoms with Gasteiger partial charge in [0, 0.05) is 11.6 Å². The van der Waals surface area contributed by atoms with Crippen LogP contribution in [-0.4, -0.2) is 34.4 Å². The molecule has 0 saturated carbocycles. The Labute approximate surface area is 145 Å². The Hall–Kier alpha value is -3.15. The van der Waals surface area contributed by atoms with E-state index in [0.717, 1.165) is 22.4 Å². The number of amides is 2. The number of H-pyrrole nitrogens is 1. The molecular formula is C19H18N4O2. The van der Waals surface area contributed by atoms with E-state index in [1.807, 2.05) is 38.1 Å². The lowest BCUT2D eigenvalue weighted by molar-refractivity contribution is -0.117. The van der Waals surface area contributed by atoms with Crippen molar-refractivity contribution in [3.05, 3.63) is 54.4 Å². The lowest BCUT2D eigenvalue weighted by Gasteiger charge is -2.38. The zero-order chi connectivity index (χ0) is 17.6. The van der Waals surface area contributed by atoms with E-state index in [2.05, 4.69) is 9.97 Å². The third-order valence-corrected chi connectivity index (χ3v) is 4.42. The van der Waals surface area contributed by atoms with Crippen molar-refractivity contribution in [3.63, 3.8) is 0 Å². The summed E-state index contributed by atoms with van der Waals surface area (Å²) < 4.78 is 0. The highest BCUT2D eigenvalue weighted by Gasteiger charge is 2.34. The number of carbonyl (C=O) groups excluding carboxylic acids is 2. The lowest BCUT2D eigenvalue weighted by atomic mass is 10.1. The van der Waals surface area contributed by atoms with E-state index < -0.39 is 0 Å². The van der Waals surface area contributed by atoms with Gasteiger partial charge in [0.15, 0.2) is 0 Å². The second-order valence-electron chi connectivity index (χ2n) is 6.37. The van der Waals surface area contributed by atoms with Crippen molar-refractivity contribution in [1.82, 2.24) is 9.97 Å². The lowest BCUT2D eigenvalue weighted by Crippen LogP contribution is -2.50. The van der Waals surface area contributed by atoms with Gasteiger partial charge in [-0.1, -0.05) is 12.1 Å². The van der Waals surface area contributed by atoms with Crippen LogP contribution in [0.15, 0.2) is 48.8 Å².